The van der Waals surface area contributed by atoms with E-state index in [-0.39, 0.29) is 23.8 Å². The number of amides is 2. The minimum absolute atomic E-state index is 0.0867. The first-order chi connectivity index (χ1) is 14.1. The molecule has 0 saturated carbocycles. The van der Waals surface area contributed by atoms with Gasteiger partial charge in [0.15, 0.2) is 0 Å². The zero-order valence-corrected chi connectivity index (χ0v) is 19.4. The number of hydrogen-bond acceptors (Lipinski definition) is 3. The summed E-state index contributed by atoms with van der Waals surface area (Å²) in [7, 11) is 0. The van der Waals surface area contributed by atoms with Crippen molar-refractivity contribution in [2.24, 2.45) is 11.8 Å². The van der Waals surface area contributed by atoms with E-state index in [1.165, 1.54) is 11.1 Å². The van der Waals surface area contributed by atoms with Gasteiger partial charge < -0.3 is 15.0 Å². The van der Waals surface area contributed by atoms with Gasteiger partial charge in [-0.1, -0.05) is 57.2 Å². The van der Waals surface area contributed by atoms with Crippen molar-refractivity contribution in [3.63, 3.8) is 0 Å². The number of ether oxygens (including phenoxy) is 1. The standard InChI is InChI=1S/C25H38N2O3/c1-7-21(26-24(29)30-25(4,5)6)17-22(18(2)3)23(28)27-15-13-20(14-16-27)19-11-9-8-10-12-19/h8-13,18,21-22H,7,14-17H2,1-6H3,(H,26,29). The van der Waals surface area contributed by atoms with E-state index < -0.39 is 11.7 Å². The Morgan fingerprint density at radius 2 is 1.83 bits per heavy atom. The second-order valence-corrected chi connectivity index (χ2v) is 9.47. The molecule has 30 heavy (non-hydrogen) atoms. The maximum Gasteiger partial charge on any atom is 0.407 e. The lowest BCUT2D eigenvalue weighted by atomic mass is 9.86. The van der Waals surface area contributed by atoms with Crippen molar-refractivity contribution in [1.82, 2.24) is 10.2 Å². The first kappa shape index (κ1) is 24.0. The van der Waals surface area contributed by atoms with Crippen molar-refractivity contribution in [2.75, 3.05) is 13.1 Å². The first-order valence-corrected chi connectivity index (χ1v) is 11.1. The maximum atomic E-state index is 13.3. The van der Waals surface area contributed by atoms with Crippen molar-refractivity contribution in [3.8, 4) is 0 Å². The number of nitrogens with zero attached hydrogens (tertiary/aromatic N) is 1. The van der Waals surface area contributed by atoms with Crippen LogP contribution in [-0.2, 0) is 9.53 Å². The van der Waals surface area contributed by atoms with Gasteiger partial charge in [-0.2, -0.15) is 0 Å². The van der Waals surface area contributed by atoms with Gasteiger partial charge in [0.1, 0.15) is 5.60 Å². The van der Waals surface area contributed by atoms with Gasteiger partial charge in [0.2, 0.25) is 5.91 Å². The lowest BCUT2D eigenvalue weighted by Crippen LogP contribution is -2.45. The zero-order valence-electron chi connectivity index (χ0n) is 19.4. The Morgan fingerprint density at radius 1 is 1.17 bits per heavy atom. The van der Waals surface area contributed by atoms with Crippen LogP contribution in [0, 0.1) is 11.8 Å². The Hall–Kier alpha value is -2.30. The molecule has 0 bridgehead atoms. The Balaban J connectivity index is 2.00. The molecule has 1 aliphatic heterocycles. The summed E-state index contributed by atoms with van der Waals surface area (Å²) in [5, 5.41) is 2.95. The number of rotatable bonds is 7. The molecule has 1 N–H and O–H groups in total. The highest BCUT2D eigenvalue weighted by Gasteiger charge is 2.31. The van der Waals surface area contributed by atoms with E-state index in [0.29, 0.717) is 13.0 Å². The fraction of sp³-hybridized carbons (Fsp3) is 0.600. The first-order valence-electron chi connectivity index (χ1n) is 11.1. The Bertz CT molecular complexity index is 735. The highest BCUT2D eigenvalue weighted by Crippen LogP contribution is 2.26. The van der Waals surface area contributed by atoms with Crippen molar-refractivity contribution < 1.29 is 14.3 Å². The van der Waals surface area contributed by atoms with E-state index in [1.807, 2.05) is 50.8 Å². The second kappa shape index (κ2) is 10.6. The molecule has 1 aromatic rings. The van der Waals surface area contributed by atoms with Gasteiger partial charge in [0.25, 0.3) is 0 Å². The number of carbonyl (C=O) groups excluding carboxylic acids is 2. The van der Waals surface area contributed by atoms with E-state index in [4.69, 9.17) is 4.74 Å². The molecule has 5 heteroatoms. The molecule has 2 rings (SSSR count). The normalized spacial score (nSPS) is 16.6. The third kappa shape index (κ3) is 7.19. The molecule has 0 saturated heterocycles. The fourth-order valence-electron chi connectivity index (χ4n) is 3.78. The molecule has 0 spiro atoms. The van der Waals surface area contributed by atoms with Gasteiger partial charge in [0, 0.05) is 25.0 Å². The van der Waals surface area contributed by atoms with Gasteiger partial charge in [-0.3, -0.25) is 4.79 Å². The molecular formula is C25H38N2O3. The summed E-state index contributed by atoms with van der Waals surface area (Å²) in [6.07, 6.45) is 4.00. The number of alkyl carbamates (subject to hydrolysis) is 1. The molecule has 5 nitrogen and oxygen atoms in total. The minimum atomic E-state index is -0.535. The summed E-state index contributed by atoms with van der Waals surface area (Å²) in [4.78, 5) is 27.4. The molecule has 166 valence electrons. The summed E-state index contributed by atoms with van der Waals surface area (Å²) < 4.78 is 5.39. The molecule has 0 fully saturated rings. The molecule has 1 aliphatic rings. The Kier molecular flexibility index (Phi) is 8.51. The van der Waals surface area contributed by atoms with Crippen LogP contribution in [0.1, 0.15) is 66.4 Å². The fourth-order valence-corrected chi connectivity index (χ4v) is 3.78. The van der Waals surface area contributed by atoms with Crippen LogP contribution in [0.4, 0.5) is 4.79 Å². The predicted molar refractivity (Wildman–Crippen MR) is 122 cm³/mol. The van der Waals surface area contributed by atoms with Crippen LogP contribution in [0.5, 0.6) is 0 Å². The highest BCUT2D eigenvalue weighted by molar-refractivity contribution is 5.81. The van der Waals surface area contributed by atoms with Gasteiger partial charge in [0.05, 0.1) is 0 Å². The van der Waals surface area contributed by atoms with Crippen molar-refractivity contribution in [1.29, 1.82) is 0 Å². The van der Waals surface area contributed by atoms with Crippen molar-refractivity contribution >= 4 is 17.6 Å². The smallest absolute Gasteiger partial charge is 0.407 e. The summed E-state index contributed by atoms with van der Waals surface area (Å²) in [6, 6.07) is 10.3. The molecule has 1 aromatic carbocycles. The van der Waals surface area contributed by atoms with E-state index >= 15 is 0 Å². The van der Waals surface area contributed by atoms with E-state index in [0.717, 1.165) is 19.4 Å². The third-order valence-electron chi connectivity index (χ3n) is 5.54. The number of nitrogens with one attached hydrogen (secondary N) is 1. The van der Waals surface area contributed by atoms with Crippen LogP contribution in [0.2, 0.25) is 0 Å². The van der Waals surface area contributed by atoms with Crippen LogP contribution in [-0.4, -0.2) is 41.6 Å². The monoisotopic (exact) mass is 414 g/mol. The number of benzene rings is 1. The van der Waals surface area contributed by atoms with E-state index in [1.54, 1.807) is 0 Å². The molecule has 0 aromatic heterocycles. The second-order valence-electron chi connectivity index (χ2n) is 9.47. The minimum Gasteiger partial charge on any atom is -0.444 e. The van der Waals surface area contributed by atoms with Gasteiger partial charge in [-0.25, -0.2) is 4.79 Å². The SMILES string of the molecule is CCC(CC(C(=O)N1CC=C(c2ccccc2)CC1)C(C)C)NC(=O)OC(C)(C)C. The molecule has 0 aliphatic carbocycles. The third-order valence-corrected chi connectivity index (χ3v) is 5.54. The summed E-state index contributed by atoms with van der Waals surface area (Å²) in [6.45, 7) is 13.1. The lowest BCUT2D eigenvalue weighted by molar-refractivity contribution is -0.137. The largest absolute Gasteiger partial charge is 0.444 e. The molecule has 1 heterocycles. The Morgan fingerprint density at radius 3 is 2.33 bits per heavy atom. The van der Waals surface area contributed by atoms with Crippen molar-refractivity contribution in [3.05, 3.63) is 42.0 Å². The van der Waals surface area contributed by atoms with Crippen LogP contribution < -0.4 is 5.32 Å². The van der Waals surface area contributed by atoms with E-state index in [9.17, 15) is 9.59 Å². The lowest BCUT2D eigenvalue weighted by Gasteiger charge is -2.33. The van der Waals surface area contributed by atoms with Gasteiger partial charge in [-0.15, -0.1) is 0 Å². The molecule has 2 atom stereocenters. The van der Waals surface area contributed by atoms with Crippen LogP contribution in [0.25, 0.3) is 5.57 Å². The highest BCUT2D eigenvalue weighted by atomic mass is 16.6. The van der Waals surface area contributed by atoms with E-state index in [2.05, 4.69) is 37.4 Å². The Labute approximate surface area is 181 Å². The van der Waals surface area contributed by atoms with Crippen molar-refractivity contribution in [2.45, 2.75) is 72.4 Å². The maximum absolute atomic E-state index is 13.3. The predicted octanol–water partition coefficient (Wildman–Crippen LogP) is 5.27. The summed E-state index contributed by atoms with van der Waals surface area (Å²) >= 11 is 0. The van der Waals surface area contributed by atoms with Crippen LogP contribution in [0.3, 0.4) is 0 Å². The molecule has 2 unspecified atom stereocenters. The molecular weight excluding hydrogens is 376 g/mol. The average molecular weight is 415 g/mol. The summed E-state index contributed by atoms with van der Waals surface area (Å²) in [5.41, 5.74) is 2.00. The average Bonchev–Trinajstić information content (AvgIpc) is 2.69. The van der Waals surface area contributed by atoms with Crippen LogP contribution >= 0.6 is 0 Å². The van der Waals surface area contributed by atoms with Crippen LogP contribution in [0.15, 0.2) is 36.4 Å². The molecule has 0 radical (unpaired) electrons. The quantitative estimate of drug-likeness (QED) is 0.661. The van der Waals surface area contributed by atoms with Gasteiger partial charge in [-0.05, 0) is 57.1 Å². The number of carbonyl (C=O) groups is 2. The summed E-state index contributed by atoms with van der Waals surface area (Å²) in [5.74, 6) is 0.251. The van der Waals surface area contributed by atoms with Gasteiger partial charge >= 0.3 is 6.09 Å². The zero-order chi connectivity index (χ0) is 22.3. The topological polar surface area (TPSA) is 58.6 Å². The number of hydrogen-bond donors (Lipinski definition) is 1. The molecule has 2 amide bonds.